The van der Waals surface area contributed by atoms with Gasteiger partial charge in [-0.2, -0.15) is 11.8 Å². The fourth-order valence-electron chi connectivity index (χ4n) is 2.71. The first kappa shape index (κ1) is 16.4. The van der Waals surface area contributed by atoms with Crippen molar-refractivity contribution in [2.45, 2.75) is 18.9 Å². The smallest absolute Gasteiger partial charge is 0.251 e. The molecule has 1 atom stereocenters. The number of nitrogens with one attached hydrogen (secondary N) is 1. The maximum atomic E-state index is 12.3. The third-order valence-electron chi connectivity index (χ3n) is 3.90. The van der Waals surface area contributed by atoms with Gasteiger partial charge in [0.25, 0.3) is 5.91 Å². The Labute approximate surface area is 131 Å². The molecule has 1 amide bonds. The van der Waals surface area contributed by atoms with Gasteiger partial charge < -0.3 is 19.9 Å². The summed E-state index contributed by atoms with van der Waals surface area (Å²) in [5.74, 6) is 2.17. The molecule has 0 saturated carbocycles. The lowest BCUT2D eigenvalue weighted by Gasteiger charge is -2.37. The van der Waals surface area contributed by atoms with E-state index in [0.29, 0.717) is 0 Å². The molecule has 2 aliphatic heterocycles. The Hall–Kier alpha value is -0.950. The van der Waals surface area contributed by atoms with Crippen LogP contribution in [0.1, 0.15) is 12.8 Å². The van der Waals surface area contributed by atoms with Crippen LogP contribution in [-0.4, -0.2) is 86.2 Å². The number of nitrogens with zero attached hydrogens (tertiary/aromatic N) is 3. The molecule has 2 fully saturated rings. The zero-order chi connectivity index (χ0) is 15.1. The summed E-state index contributed by atoms with van der Waals surface area (Å²) in [6.07, 6.45) is 3.77. The number of hydrogen-bond donors (Lipinski definition) is 1. The Kier molecular flexibility index (Phi) is 6.63. The zero-order valence-corrected chi connectivity index (χ0v) is 13.8. The molecule has 120 valence electrons. The number of carbonyl (C=O) groups is 1. The van der Waals surface area contributed by atoms with Gasteiger partial charge in [-0.3, -0.25) is 9.79 Å². The normalized spacial score (nSPS) is 23.5. The van der Waals surface area contributed by atoms with Crippen LogP contribution in [0.15, 0.2) is 4.99 Å². The lowest BCUT2D eigenvalue weighted by Crippen LogP contribution is -2.55. The van der Waals surface area contributed by atoms with Crippen molar-refractivity contribution in [3.63, 3.8) is 0 Å². The summed E-state index contributed by atoms with van der Waals surface area (Å²) in [4.78, 5) is 20.8. The fraction of sp³-hybridized carbons (Fsp3) is 0.857. The highest BCUT2D eigenvalue weighted by Crippen LogP contribution is 2.16. The van der Waals surface area contributed by atoms with E-state index in [1.807, 2.05) is 23.7 Å². The van der Waals surface area contributed by atoms with Crippen molar-refractivity contribution < 1.29 is 9.53 Å². The van der Waals surface area contributed by atoms with E-state index in [-0.39, 0.29) is 12.0 Å². The highest BCUT2D eigenvalue weighted by Gasteiger charge is 2.30. The van der Waals surface area contributed by atoms with Gasteiger partial charge in [-0.15, -0.1) is 0 Å². The third-order valence-corrected chi connectivity index (χ3v) is 4.51. The second-order valence-corrected chi connectivity index (χ2v) is 6.27. The molecule has 7 heteroatoms. The molecule has 2 saturated heterocycles. The average molecular weight is 314 g/mol. The Morgan fingerprint density at radius 3 is 2.62 bits per heavy atom. The first-order valence-corrected chi connectivity index (χ1v) is 9.00. The molecule has 0 bridgehead atoms. The summed E-state index contributed by atoms with van der Waals surface area (Å²) in [6.45, 7) is 4.81. The third kappa shape index (κ3) is 4.51. The van der Waals surface area contributed by atoms with Gasteiger partial charge in [0.1, 0.15) is 6.10 Å². The van der Waals surface area contributed by atoms with Crippen molar-refractivity contribution in [2.24, 2.45) is 4.99 Å². The highest BCUT2D eigenvalue weighted by molar-refractivity contribution is 7.98. The first-order valence-electron chi connectivity index (χ1n) is 7.61. The van der Waals surface area contributed by atoms with E-state index in [9.17, 15) is 4.79 Å². The van der Waals surface area contributed by atoms with Crippen LogP contribution in [0, 0.1) is 0 Å². The van der Waals surface area contributed by atoms with Crippen LogP contribution in [-0.2, 0) is 9.53 Å². The van der Waals surface area contributed by atoms with Gasteiger partial charge in [-0.1, -0.05) is 0 Å². The molecule has 0 aromatic rings. The molecule has 0 spiro atoms. The lowest BCUT2D eigenvalue weighted by atomic mass is 10.2. The SMILES string of the molecule is CN=C(NCCSC)N1CCN(C(=O)C2CCCO2)CC1. The summed E-state index contributed by atoms with van der Waals surface area (Å²) in [5.41, 5.74) is 0. The van der Waals surface area contributed by atoms with E-state index >= 15 is 0 Å². The lowest BCUT2D eigenvalue weighted by molar-refractivity contribution is -0.142. The highest BCUT2D eigenvalue weighted by atomic mass is 32.2. The molecule has 1 unspecified atom stereocenters. The molecule has 2 aliphatic rings. The Morgan fingerprint density at radius 2 is 2.05 bits per heavy atom. The van der Waals surface area contributed by atoms with Gasteiger partial charge in [0, 0.05) is 52.1 Å². The largest absolute Gasteiger partial charge is 0.368 e. The van der Waals surface area contributed by atoms with Crippen molar-refractivity contribution in [1.82, 2.24) is 15.1 Å². The molecule has 0 radical (unpaired) electrons. The van der Waals surface area contributed by atoms with Crippen LogP contribution >= 0.6 is 11.8 Å². The minimum Gasteiger partial charge on any atom is -0.368 e. The molecule has 1 N–H and O–H groups in total. The number of amides is 1. The number of carbonyl (C=O) groups excluding carboxylic acids is 1. The average Bonchev–Trinajstić information content (AvgIpc) is 3.06. The quantitative estimate of drug-likeness (QED) is 0.458. The number of guanidine groups is 1. The van der Waals surface area contributed by atoms with Crippen LogP contribution in [0.5, 0.6) is 0 Å². The predicted octanol–water partition coefficient (Wildman–Crippen LogP) is 0.248. The summed E-state index contributed by atoms with van der Waals surface area (Å²) < 4.78 is 5.49. The fourth-order valence-corrected chi connectivity index (χ4v) is 3.02. The van der Waals surface area contributed by atoms with Crippen LogP contribution in [0.3, 0.4) is 0 Å². The van der Waals surface area contributed by atoms with Crippen molar-refractivity contribution in [3.8, 4) is 0 Å². The van der Waals surface area contributed by atoms with Crippen molar-refractivity contribution >= 4 is 23.6 Å². The summed E-state index contributed by atoms with van der Waals surface area (Å²) in [7, 11) is 1.81. The van der Waals surface area contributed by atoms with Crippen molar-refractivity contribution in [1.29, 1.82) is 0 Å². The molecular formula is C14H26N4O2S. The standard InChI is InChI=1S/C14H26N4O2S/c1-15-14(16-5-11-21-2)18-8-6-17(7-9-18)13(19)12-4-3-10-20-12/h12H,3-11H2,1-2H3,(H,15,16). The van der Waals surface area contributed by atoms with Gasteiger partial charge in [0.05, 0.1) is 0 Å². The van der Waals surface area contributed by atoms with Gasteiger partial charge in [-0.05, 0) is 19.1 Å². The summed E-state index contributed by atoms with van der Waals surface area (Å²) in [6, 6.07) is 0. The van der Waals surface area contributed by atoms with E-state index in [1.54, 1.807) is 0 Å². The Morgan fingerprint density at radius 1 is 1.33 bits per heavy atom. The van der Waals surface area contributed by atoms with Gasteiger partial charge >= 0.3 is 0 Å². The predicted molar refractivity (Wildman–Crippen MR) is 86.9 cm³/mol. The van der Waals surface area contributed by atoms with Gasteiger partial charge in [-0.25, -0.2) is 0 Å². The summed E-state index contributed by atoms with van der Waals surface area (Å²) >= 11 is 1.82. The van der Waals surface area contributed by atoms with E-state index in [0.717, 1.165) is 63.9 Å². The number of ether oxygens (including phenoxy) is 1. The van der Waals surface area contributed by atoms with E-state index < -0.39 is 0 Å². The number of piperazine rings is 1. The molecule has 0 aliphatic carbocycles. The molecule has 21 heavy (non-hydrogen) atoms. The topological polar surface area (TPSA) is 57.2 Å². The van der Waals surface area contributed by atoms with Crippen LogP contribution in [0.2, 0.25) is 0 Å². The molecule has 2 rings (SSSR count). The van der Waals surface area contributed by atoms with Crippen LogP contribution in [0.4, 0.5) is 0 Å². The molecule has 0 aromatic carbocycles. The monoisotopic (exact) mass is 314 g/mol. The maximum Gasteiger partial charge on any atom is 0.251 e. The maximum absolute atomic E-state index is 12.3. The first-order chi connectivity index (χ1) is 10.3. The Bertz CT molecular complexity index is 364. The van der Waals surface area contributed by atoms with Crippen LogP contribution in [0.25, 0.3) is 0 Å². The van der Waals surface area contributed by atoms with Gasteiger partial charge in [0.2, 0.25) is 0 Å². The van der Waals surface area contributed by atoms with Crippen molar-refractivity contribution in [3.05, 3.63) is 0 Å². The van der Waals surface area contributed by atoms with E-state index in [2.05, 4.69) is 21.5 Å². The Balaban J connectivity index is 1.77. The van der Waals surface area contributed by atoms with Crippen LogP contribution < -0.4 is 5.32 Å². The number of hydrogen-bond acceptors (Lipinski definition) is 4. The minimum absolute atomic E-state index is 0.164. The second kappa shape index (κ2) is 8.48. The van der Waals surface area contributed by atoms with E-state index in [4.69, 9.17) is 4.74 Å². The molecular weight excluding hydrogens is 288 g/mol. The summed E-state index contributed by atoms with van der Waals surface area (Å²) in [5, 5.41) is 3.37. The van der Waals surface area contributed by atoms with Crippen molar-refractivity contribution in [2.75, 3.05) is 58.4 Å². The number of rotatable bonds is 4. The minimum atomic E-state index is -0.199. The number of aliphatic imine (C=N–C) groups is 1. The van der Waals surface area contributed by atoms with E-state index in [1.165, 1.54) is 0 Å². The molecule has 2 heterocycles. The molecule has 0 aromatic heterocycles. The zero-order valence-electron chi connectivity index (χ0n) is 13.0. The number of thioether (sulfide) groups is 1. The molecule has 6 nitrogen and oxygen atoms in total. The van der Waals surface area contributed by atoms with Gasteiger partial charge in [0.15, 0.2) is 5.96 Å². The second-order valence-electron chi connectivity index (χ2n) is 5.28.